The van der Waals surface area contributed by atoms with E-state index >= 15 is 0 Å². The number of anilines is 1. The van der Waals surface area contributed by atoms with Crippen LogP contribution in [-0.4, -0.2) is 32.0 Å². The first kappa shape index (κ1) is 17.3. The molecule has 1 atom stereocenters. The maximum atomic E-state index is 11.8. The molecule has 0 radical (unpaired) electrons. The van der Waals surface area contributed by atoms with E-state index in [1.54, 1.807) is 25.1 Å². The standard InChI is InChI=1S/C14H20ClN3O3/c1-9(8-16)14(20)17-6-5-13(19)18-11-7-10(15)3-4-12(11)21-2/h3-4,7,9H,5-6,8,16H2,1-2H3,(H,17,20)(H,18,19). The summed E-state index contributed by atoms with van der Waals surface area (Å²) in [6.07, 6.45) is 0.151. The van der Waals surface area contributed by atoms with Crippen LogP contribution >= 0.6 is 11.6 Å². The highest BCUT2D eigenvalue weighted by Gasteiger charge is 2.12. The Hall–Kier alpha value is -1.79. The van der Waals surface area contributed by atoms with E-state index in [1.807, 2.05) is 0 Å². The molecule has 0 aromatic heterocycles. The Labute approximate surface area is 129 Å². The molecule has 1 aromatic rings. The van der Waals surface area contributed by atoms with Gasteiger partial charge in [0, 0.05) is 30.5 Å². The van der Waals surface area contributed by atoms with Crippen LogP contribution in [0.3, 0.4) is 0 Å². The van der Waals surface area contributed by atoms with Gasteiger partial charge in [0.15, 0.2) is 0 Å². The van der Waals surface area contributed by atoms with Gasteiger partial charge in [0.1, 0.15) is 5.75 Å². The average molecular weight is 314 g/mol. The van der Waals surface area contributed by atoms with Crippen molar-refractivity contribution in [2.45, 2.75) is 13.3 Å². The van der Waals surface area contributed by atoms with E-state index in [4.69, 9.17) is 22.1 Å². The number of rotatable bonds is 7. The van der Waals surface area contributed by atoms with E-state index in [2.05, 4.69) is 10.6 Å². The van der Waals surface area contributed by atoms with E-state index in [-0.39, 0.29) is 37.2 Å². The summed E-state index contributed by atoms with van der Waals surface area (Å²) in [4.78, 5) is 23.3. The summed E-state index contributed by atoms with van der Waals surface area (Å²) < 4.78 is 5.13. The van der Waals surface area contributed by atoms with Crippen molar-refractivity contribution in [3.8, 4) is 5.75 Å². The van der Waals surface area contributed by atoms with Crippen LogP contribution in [0.1, 0.15) is 13.3 Å². The van der Waals surface area contributed by atoms with E-state index in [0.717, 1.165) is 0 Å². The van der Waals surface area contributed by atoms with Gasteiger partial charge in [0.25, 0.3) is 0 Å². The Bertz CT molecular complexity index is 508. The topological polar surface area (TPSA) is 93.5 Å². The van der Waals surface area contributed by atoms with Gasteiger partial charge in [0.2, 0.25) is 11.8 Å². The van der Waals surface area contributed by atoms with Crippen molar-refractivity contribution >= 4 is 29.1 Å². The predicted molar refractivity (Wildman–Crippen MR) is 82.5 cm³/mol. The molecular formula is C14H20ClN3O3. The fraction of sp³-hybridized carbons (Fsp3) is 0.429. The summed E-state index contributed by atoms with van der Waals surface area (Å²) in [5.41, 5.74) is 5.88. The molecule has 1 unspecified atom stereocenters. The number of nitrogens with one attached hydrogen (secondary N) is 2. The number of hydrogen-bond donors (Lipinski definition) is 3. The van der Waals surface area contributed by atoms with Crippen molar-refractivity contribution < 1.29 is 14.3 Å². The first-order chi connectivity index (χ1) is 9.97. The molecule has 0 spiro atoms. The monoisotopic (exact) mass is 313 g/mol. The lowest BCUT2D eigenvalue weighted by molar-refractivity contribution is -0.124. The van der Waals surface area contributed by atoms with Gasteiger partial charge in [-0.15, -0.1) is 0 Å². The molecule has 0 aliphatic heterocycles. The first-order valence-electron chi connectivity index (χ1n) is 6.59. The molecular weight excluding hydrogens is 294 g/mol. The maximum Gasteiger partial charge on any atom is 0.226 e. The second kappa shape index (κ2) is 8.49. The lowest BCUT2D eigenvalue weighted by Crippen LogP contribution is -2.35. The Morgan fingerprint density at radius 1 is 1.43 bits per heavy atom. The van der Waals surface area contributed by atoms with Gasteiger partial charge in [-0.3, -0.25) is 9.59 Å². The first-order valence-corrected chi connectivity index (χ1v) is 6.97. The fourth-order valence-corrected chi connectivity index (χ4v) is 1.74. The molecule has 116 valence electrons. The molecule has 21 heavy (non-hydrogen) atoms. The van der Waals surface area contributed by atoms with Crippen LogP contribution in [0.25, 0.3) is 0 Å². The number of halogens is 1. The number of amides is 2. The summed E-state index contributed by atoms with van der Waals surface area (Å²) in [5.74, 6) is -0.142. The van der Waals surface area contributed by atoms with Crippen molar-refractivity contribution in [1.29, 1.82) is 0 Å². The van der Waals surface area contributed by atoms with Crippen LogP contribution in [0.15, 0.2) is 18.2 Å². The SMILES string of the molecule is COc1ccc(Cl)cc1NC(=O)CCNC(=O)C(C)CN. The van der Waals surface area contributed by atoms with Gasteiger partial charge in [-0.1, -0.05) is 18.5 Å². The maximum absolute atomic E-state index is 11.8. The molecule has 6 nitrogen and oxygen atoms in total. The van der Waals surface area contributed by atoms with Crippen molar-refractivity contribution in [3.63, 3.8) is 0 Å². The fourth-order valence-electron chi connectivity index (χ4n) is 1.57. The molecule has 0 saturated heterocycles. The van der Waals surface area contributed by atoms with Gasteiger partial charge >= 0.3 is 0 Å². The van der Waals surface area contributed by atoms with Crippen LogP contribution in [0.2, 0.25) is 5.02 Å². The van der Waals surface area contributed by atoms with Crippen molar-refractivity contribution in [1.82, 2.24) is 5.32 Å². The zero-order valence-electron chi connectivity index (χ0n) is 12.1. The van der Waals surface area contributed by atoms with E-state index < -0.39 is 0 Å². The highest BCUT2D eigenvalue weighted by Crippen LogP contribution is 2.27. The van der Waals surface area contributed by atoms with Crippen LogP contribution in [0.4, 0.5) is 5.69 Å². The quantitative estimate of drug-likeness (QED) is 0.709. The third-order valence-electron chi connectivity index (χ3n) is 2.89. The van der Waals surface area contributed by atoms with Crippen molar-refractivity contribution in [2.24, 2.45) is 11.7 Å². The average Bonchev–Trinajstić information content (AvgIpc) is 2.46. The van der Waals surface area contributed by atoms with Crippen LogP contribution in [0.5, 0.6) is 5.75 Å². The van der Waals surface area contributed by atoms with E-state index in [9.17, 15) is 9.59 Å². The molecule has 0 aliphatic carbocycles. The molecule has 0 saturated carbocycles. The molecule has 7 heteroatoms. The predicted octanol–water partition coefficient (Wildman–Crippen LogP) is 1.39. The Morgan fingerprint density at radius 3 is 2.76 bits per heavy atom. The highest BCUT2D eigenvalue weighted by atomic mass is 35.5. The largest absolute Gasteiger partial charge is 0.495 e. The van der Waals surface area contributed by atoms with E-state index in [0.29, 0.717) is 16.5 Å². The van der Waals surface area contributed by atoms with Crippen LogP contribution in [0, 0.1) is 5.92 Å². The molecule has 0 aliphatic rings. The van der Waals surface area contributed by atoms with Gasteiger partial charge in [-0.05, 0) is 18.2 Å². The van der Waals surface area contributed by atoms with Gasteiger partial charge in [-0.25, -0.2) is 0 Å². The van der Waals surface area contributed by atoms with Gasteiger partial charge in [0.05, 0.1) is 12.8 Å². The summed E-state index contributed by atoms with van der Waals surface area (Å²) in [6, 6.07) is 4.94. The van der Waals surface area contributed by atoms with Crippen LogP contribution in [-0.2, 0) is 9.59 Å². The molecule has 0 heterocycles. The number of benzene rings is 1. The molecule has 0 bridgehead atoms. The lowest BCUT2D eigenvalue weighted by atomic mass is 10.1. The Morgan fingerprint density at radius 2 is 2.14 bits per heavy atom. The normalized spacial score (nSPS) is 11.6. The number of ether oxygens (including phenoxy) is 1. The van der Waals surface area contributed by atoms with Crippen LogP contribution < -0.4 is 21.1 Å². The minimum absolute atomic E-state index is 0.151. The van der Waals surface area contributed by atoms with Gasteiger partial charge < -0.3 is 21.1 Å². The molecule has 0 fully saturated rings. The zero-order valence-corrected chi connectivity index (χ0v) is 12.9. The smallest absolute Gasteiger partial charge is 0.226 e. The second-order valence-electron chi connectivity index (χ2n) is 4.57. The van der Waals surface area contributed by atoms with Crippen molar-refractivity contribution in [3.05, 3.63) is 23.2 Å². The molecule has 1 aromatic carbocycles. The second-order valence-corrected chi connectivity index (χ2v) is 5.01. The number of nitrogens with two attached hydrogens (primary N) is 1. The van der Waals surface area contributed by atoms with E-state index in [1.165, 1.54) is 7.11 Å². The minimum atomic E-state index is -0.263. The Kier molecular flexibility index (Phi) is 6.98. The molecule has 2 amide bonds. The van der Waals surface area contributed by atoms with Crippen molar-refractivity contribution in [2.75, 3.05) is 25.5 Å². The third-order valence-corrected chi connectivity index (χ3v) is 3.12. The highest BCUT2D eigenvalue weighted by molar-refractivity contribution is 6.31. The number of carbonyl (C=O) groups is 2. The summed E-state index contributed by atoms with van der Waals surface area (Å²) in [7, 11) is 1.51. The number of hydrogen-bond acceptors (Lipinski definition) is 4. The summed E-state index contributed by atoms with van der Waals surface area (Å²) >= 11 is 5.88. The molecule has 4 N–H and O–H groups in total. The number of carbonyl (C=O) groups excluding carboxylic acids is 2. The zero-order chi connectivity index (χ0) is 15.8. The lowest BCUT2D eigenvalue weighted by Gasteiger charge is -2.12. The minimum Gasteiger partial charge on any atom is -0.495 e. The summed E-state index contributed by atoms with van der Waals surface area (Å²) in [5, 5.41) is 5.84. The number of methoxy groups -OCH3 is 1. The Balaban J connectivity index is 2.47. The molecule has 1 rings (SSSR count). The third kappa shape index (κ3) is 5.61. The summed E-state index contributed by atoms with van der Waals surface area (Å²) in [6.45, 7) is 2.25. The van der Waals surface area contributed by atoms with Gasteiger partial charge in [-0.2, -0.15) is 0 Å².